The summed E-state index contributed by atoms with van der Waals surface area (Å²) < 4.78 is 1.44. The summed E-state index contributed by atoms with van der Waals surface area (Å²) in [5.74, 6) is 0.0607. The zero-order chi connectivity index (χ0) is 15.1. The van der Waals surface area contributed by atoms with E-state index in [9.17, 15) is 10.1 Å². The highest BCUT2D eigenvalue weighted by Gasteiger charge is 2.33. The number of nitrogen functional groups attached to an aromatic ring is 1. The van der Waals surface area contributed by atoms with Crippen molar-refractivity contribution in [2.75, 3.05) is 5.73 Å². The Kier molecular flexibility index (Phi) is 3.25. The molecule has 0 radical (unpaired) electrons. The molecule has 20 heavy (non-hydrogen) atoms. The number of rotatable bonds is 2. The van der Waals surface area contributed by atoms with E-state index in [-0.39, 0.29) is 11.5 Å². The van der Waals surface area contributed by atoms with Crippen LogP contribution in [0, 0.1) is 17.0 Å². The van der Waals surface area contributed by atoms with E-state index in [1.807, 2.05) is 52.0 Å². The Balaban J connectivity index is 2.71. The minimum absolute atomic E-state index is 0.0607. The third-order valence-electron chi connectivity index (χ3n) is 3.03. The second kappa shape index (κ2) is 4.63. The lowest BCUT2D eigenvalue weighted by atomic mass is 9.91. The van der Waals surface area contributed by atoms with Crippen molar-refractivity contribution >= 4 is 11.5 Å². The second-order valence-electron chi connectivity index (χ2n) is 5.84. The minimum Gasteiger partial charge on any atom is -0.378 e. The lowest BCUT2D eigenvalue weighted by Gasteiger charge is -2.13. The van der Waals surface area contributed by atoms with Crippen LogP contribution in [0.1, 0.15) is 32.0 Å². The van der Waals surface area contributed by atoms with Crippen LogP contribution in [0.4, 0.5) is 11.5 Å². The van der Waals surface area contributed by atoms with Crippen LogP contribution < -0.4 is 5.73 Å². The number of nitrogens with zero attached hydrogens (tertiary/aromatic N) is 3. The largest absolute Gasteiger partial charge is 0.378 e. The van der Waals surface area contributed by atoms with Gasteiger partial charge < -0.3 is 5.73 Å². The van der Waals surface area contributed by atoms with Gasteiger partial charge in [0.25, 0.3) is 0 Å². The number of nitro groups is 1. The van der Waals surface area contributed by atoms with Crippen molar-refractivity contribution in [2.45, 2.75) is 33.1 Å². The predicted molar refractivity (Wildman–Crippen MR) is 78.1 cm³/mol. The fourth-order valence-corrected chi connectivity index (χ4v) is 2.06. The van der Waals surface area contributed by atoms with Crippen LogP contribution in [0.25, 0.3) is 5.69 Å². The Morgan fingerprint density at radius 3 is 2.45 bits per heavy atom. The lowest BCUT2D eigenvalue weighted by Crippen LogP contribution is -2.14. The van der Waals surface area contributed by atoms with Crippen LogP contribution in [-0.4, -0.2) is 14.7 Å². The molecule has 0 unspecified atom stereocenters. The first kappa shape index (κ1) is 14.0. The van der Waals surface area contributed by atoms with Gasteiger partial charge in [0.15, 0.2) is 0 Å². The average molecular weight is 274 g/mol. The Labute approximate surface area is 117 Å². The van der Waals surface area contributed by atoms with Crippen molar-refractivity contribution in [1.82, 2.24) is 9.78 Å². The van der Waals surface area contributed by atoms with Gasteiger partial charge in [-0.3, -0.25) is 10.1 Å². The fourth-order valence-electron chi connectivity index (χ4n) is 2.06. The maximum atomic E-state index is 11.3. The molecule has 0 aliphatic rings. The SMILES string of the molecule is Cc1cccc(-n2nc(C(C)(C)C)c([N+](=O)[O-])c2N)c1. The predicted octanol–water partition coefficient (Wildman–Crippen LogP) is 2.97. The van der Waals surface area contributed by atoms with Gasteiger partial charge >= 0.3 is 5.69 Å². The molecule has 0 fully saturated rings. The van der Waals surface area contributed by atoms with E-state index in [2.05, 4.69) is 5.10 Å². The molecule has 1 aromatic heterocycles. The highest BCUT2D eigenvalue weighted by Crippen LogP contribution is 2.36. The minimum atomic E-state index is -0.463. The topological polar surface area (TPSA) is 87.0 Å². The third kappa shape index (κ3) is 2.36. The number of benzene rings is 1. The van der Waals surface area contributed by atoms with Gasteiger partial charge in [-0.25, -0.2) is 4.68 Å². The summed E-state index contributed by atoms with van der Waals surface area (Å²) in [6.07, 6.45) is 0. The Morgan fingerprint density at radius 2 is 2.00 bits per heavy atom. The number of anilines is 1. The number of nitrogens with two attached hydrogens (primary N) is 1. The summed E-state index contributed by atoms with van der Waals surface area (Å²) in [4.78, 5) is 10.8. The third-order valence-corrected chi connectivity index (χ3v) is 3.03. The maximum absolute atomic E-state index is 11.3. The van der Waals surface area contributed by atoms with E-state index in [0.29, 0.717) is 5.69 Å². The van der Waals surface area contributed by atoms with Crippen LogP contribution in [-0.2, 0) is 5.41 Å². The van der Waals surface area contributed by atoms with Crippen LogP contribution in [0.2, 0.25) is 0 Å². The molecule has 6 heteroatoms. The number of hydrogen-bond donors (Lipinski definition) is 1. The molecule has 0 bridgehead atoms. The van der Waals surface area contributed by atoms with Crippen LogP contribution in [0.3, 0.4) is 0 Å². The second-order valence-corrected chi connectivity index (χ2v) is 5.84. The first-order valence-corrected chi connectivity index (χ1v) is 6.32. The van der Waals surface area contributed by atoms with E-state index >= 15 is 0 Å². The maximum Gasteiger partial charge on any atom is 0.334 e. The first-order valence-electron chi connectivity index (χ1n) is 6.32. The molecule has 0 amide bonds. The number of aryl methyl sites for hydroxylation is 1. The lowest BCUT2D eigenvalue weighted by molar-refractivity contribution is -0.385. The standard InChI is InChI=1S/C14H18N4O2/c1-9-6-5-7-10(8-9)17-13(15)11(18(19)20)12(16-17)14(2,3)4/h5-8H,15H2,1-4H3. The van der Waals surface area contributed by atoms with Gasteiger partial charge in [-0.2, -0.15) is 5.10 Å². The highest BCUT2D eigenvalue weighted by molar-refractivity contribution is 5.61. The van der Waals surface area contributed by atoms with Gasteiger partial charge in [-0.1, -0.05) is 32.9 Å². The zero-order valence-electron chi connectivity index (χ0n) is 12.0. The van der Waals surface area contributed by atoms with Crippen LogP contribution in [0.15, 0.2) is 24.3 Å². The van der Waals surface area contributed by atoms with Gasteiger partial charge in [0, 0.05) is 5.41 Å². The smallest absolute Gasteiger partial charge is 0.334 e. The summed E-state index contributed by atoms with van der Waals surface area (Å²) in [6.45, 7) is 7.58. The monoisotopic (exact) mass is 274 g/mol. The van der Waals surface area contributed by atoms with Crippen molar-refractivity contribution in [3.8, 4) is 5.69 Å². The molecular formula is C14H18N4O2. The summed E-state index contributed by atoms with van der Waals surface area (Å²) in [7, 11) is 0. The van der Waals surface area contributed by atoms with E-state index in [1.165, 1.54) is 4.68 Å². The zero-order valence-corrected chi connectivity index (χ0v) is 12.0. The van der Waals surface area contributed by atoms with Gasteiger partial charge in [-0.05, 0) is 24.6 Å². The molecule has 1 aromatic carbocycles. The molecule has 0 saturated heterocycles. The van der Waals surface area contributed by atoms with Crippen molar-refractivity contribution in [2.24, 2.45) is 0 Å². The average Bonchev–Trinajstić information content (AvgIpc) is 2.66. The quantitative estimate of drug-likeness (QED) is 0.673. The molecule has 1 heterocycles. The van der Waals surface area contributed by atoms with Crippen LogP contribution in [0.5, 0.6) is 0 Å². The Bertz CT molecular complexity index is 668. The van der Waals surface area contributed by atoms with Gasteiger partial charge in [0.2, 0.25) is 5.82 Å². The summed E-state index contributed by atoms with van der Waals surface area (Å²) in [5, 5.41) is 15.6. The Morgan fingerprint density at radius 1 is 1.35 bits per heavy atom. The molecule has 6 nitrogen and oxygen atoms in total. The van der Waals surface area contributed by atoms with Crippen molar-refractivity contribution in [3.63, 3.8) is 0 Å². The van der Waals surface area contributed by atoms with Gasteiger partial charge in [0.05, 0.1) is 10.6 Å². The molecule has 0 saturated carbocycles. The molecule has 2 rings (SSSR count). The van der Waals surface area contributed by atoms with Crippen molar-refractivity contribution in [1.29, 1.82) is 0 Å². The summed E-state index contributed by atoms with van der Waals surface area (Å²) in [5.41, 5.74) is 7.53. The summed E-state index contributed by atoms with van der Waals surface area (Å²) in [6, 6.07) is 7.53. The molecule has 0 aliphatic heterocycles. The highest BCUT2D eigenvalue weighted by atomic mass is 16.6. The first-order chi connectivity index (χ1) is 9.21. The summed E-state index contributed by atoms with van der Waals surface area (Å²) >= 11 is 0. The van der Waals surface area contributed by atoms with E-state index in [0.717, 1.165) is 11.3 Å². The Hall–Kier alpha value is -2.37. The molecule has 2 aromatic rings. The van der Waals surface area contributed by atoms with Gasteiger partial charge in [0.1, 0.15) is 5.69 Å². The molecule has 0 aliphatic carbocycles. The van der Waals surface area contributed by atoms with Crippen molar-refractivity contribution < 1.29 is 4.92 Å². The molecular weight excluding hydrogens is 256 g/mol. The number of hydrogen-bond acceptors (Lipinski definition) is 4. The van der Waals surface area contributed by atoms with Gasteiger partial charge in [-0.15, -0.1) is 0 Å². The van der Waals surface area contributed by atoms with E-state index in [1.54, 1.807) is 0 Å². The normalized spacial score (nSPS) is 11.6. The molecule has 106 valence electrons. The van der Waals surface area contributed by atoms with Crippen LogP contribution >= 0.6 is 0 Å². The van der Waals surface area contributed by atoms with Crippen molar-refractivity contribution in [3.05, 3.63) is 45.6 Å². The number of aromatic nitrogens is 2. The van der Waals surface area contributed by atoms with E-state index < -0.39 is 10.3 Å². The van der Waals surface area contributed by atoms with E-state index in [4.69, 9.17) is 5.73 Å². The fraction of sp³-hybridized carbons (Fsp3) is 0.357. The molecule has 0 atom stereocenters. The molecule has 2 N–H and O–H groups in total. The molecule has 0 spiro atoms.